The summed E-state index contributed by atoms with van der Waals surface area (Å²) in [5.41, 5.74) is 5.89. The molecule has 12 nitrogen and oxygen atoms in total. The van der Waals surface area contributed by atoms with Gasteiger partial charge in [0.15, 0.2) is 6.10 Å². The van der Waals surface area contributed by atoms with Gasteiger partial charge in [0.2, 0.25) is 0 Å². The highest BCUT2D eigenvalue weighted by atomic mass is 35.5. The van der Waals surface area contributed by atoms with Crippen LogP contribution in [0.15, 0.2) is 36.4 Å². The number of rotatable bonds is 14. The summed E-state index contributed by atoms with van der Waals surface area (Å²) in [5.74, 6) is 0.266. The van der Waals surface area contributed by atoms with E-state index in [0.717, 1.165) is 81.8 Å². The number of nitrogens with two attached hydrogens (primary N) is 1. The number of alkyl halides is 3. The number of fused-ring (bicyclic) bond motifs is 1. The number of carbonyl (C=O) groups excluding carboxylic acids is 4. The van der Waals surface area contributed by atoms with E-state index < -0.39 is 35.5 Å². The zero-order valence-corrected chi connectivity index (χ0v) is 35.4. The molecule has 4 heterocycles. The standard InChI is InChI=1S/C44H60ClF3N6O6/c1-2-3-4-7-26-59-39(55)17-20-51-18-10-31(11-19-51)32-12-21-52(22-13-32)41(56)38(29-30-27-35(44(46,47)48)40(49)36(45)28-30)60-43(58)53-23-15-34(16-24-53)54-25-14-33-8-5-6-9-37(33)50-42(54)57/h5-6,8-9,27-28,31-32,34,38H,2-4,7,10-26,29,49H2,1H3,(H,50,57)/t38-/m1/s1. The fourth-order valence-electron chi connectivity index (χ4n) is 9.19. The highest BCUT2D eigenvalue weighted by molar-refractivity contribution is 6.33. The van der Waals surface area contributed by atoms with E-state index in [1.165, 1.54) is 11.0 Å². The average molecular weight is 861 g/mol. The summed E-state index contributed by atoms with van der Waals surface area (Å²) >= 11 is 6.16. The number of benzene rings is 2. The fraction of sp³-hybridized carbons (Fsp3) is 0.636. The van der Waals surface area contributed by atoms with Crippen LogP contribution in [0.3, 0.4) is 0 Å². The van der Waals surface area contributed by atoms with Gasteiger partial charge in [0.1, 0.15) is 0 Å². The maximum Gasteiger partial charge on any atom is 0.418 e. The molecule has 4 aliphatic rings. The smallest absolute Gasteiger partial charge is 0.418 e. The summed E-state index contributed by atoms with van der Waals surface area (Å²) in [6.07, 6.45) is 2.62. The molecule has 0 bridgehead atoms. The summed E-state index contributed by atoms with van der Waals surface area (Å²) in [6, 6.07) is 9.53. The van der Waals surface area contributed by atoms with Crippen molar-refractivity contribution in [3.05, 3.63) is 58.1 Å². The van der Waals surface area contributed by atoms with E-state index >= 15 is 0 Å². The van der Waals surface area contributed by atoms with Gasteiger partial charge in [0, 0.05) is 57.4 Å². The van der Waals surface area contributed by atoms with Crippen LogP contribution in [-0.2, 0) is 38.1 Å². The van der Waals surface area contributed by atoms with Crippen molar-refractivity contribution in [2.45, 2.75) is 109 Å². The number of esters is 1. The van der Waals surface area contributed by atoms with E-state index in [2.05, 4.69) is 17.1 Å². The SMILES string of the molecule is CCCCCCOC(=O)CCN1CCC(C2CCN(C(=O)[C@@H](Cc3cc(Cl)c(N)c(C(F)(F)F)c3)OC(=O)N3CCC(N4CCc5ccccc5NC4=O)CC3)CC2)CC1. The number of carbonyl (C=O) groups is 4. The molecule has 6 rings (SSSR count). The lowest BCUT2D eigenvalue weighted by Gasteiger charge is -2.41. The van der Waals surface area contributed by atoms with Gasteiger partial charge in [-0.2, -0.15) is 13.2 Å². The first-order valence-corrected chi connectivity index (χ1v) is 22.1. The lowest BCUT2D eigenvalue weighted by molar-refractivity contribution is -0.144. The number of para-hydroxylation sites is 1. The number of nitrogens with one attached hydrogen (secondary N) is 1. The van der Waals surface area contributed by atoms with Crippen molar-refractivity contribution < 1.29 is 41.8 Å². The Balaban J connectivity index is 1.03. The summed E-state index contributed by atoms with van der Waals surface area (Å²) in [4.78, 5) is 60.6. The molecule has 2 aromatic carbocycles. The van der Waals surface area contributed by atoms with Gasteiger partial charge >= 0.3 is 24.3 Å². The minimum Gasteiger partial charge on any atom is -0.466 e. The van der Waals surface area contributed by atoms with Crippen LogP contribution in [-0.4, -0.2) is 115 Å². The zero-order valence-electron chi connectivity index (χ0n) is 34.7. The molecule has 0 radical (unpaired) electrons. The van der Waals surface area contributed by atoms with Crippen LogP contribution in [0, 0.1) is 11.8 Å². The normalized spacial score (nSPS) is 19.4. The Morgan fingerprint density at radius 3 is 2.25 bits per heavy atom. The lowest BCUT2D eigenvalue weighted by Crippen LogP contribution is -2.52. The topological polar surface area (TPSA) is 138 Å². The number of nitrogen functional groups attached to an aromatic ring is 1. The van der Waals surface area contributed by atoms with Gasteiger partial charge in [0.05, 0.1) is 29.3 Å². The quantitative estimate of drug-likeness (QED) is 0.111. The molecule has 3 N–H and O–H groups in total. The number of hydrogen-bond donors (Lipinski definition) is 2. The Hall–Kier alpha value is -4.24. The van der Waals surface area contributed by atoms with Crippen LogP contribution < -0.4 is 11.1 Å². The third-order valence-electron chi connectivity index (χ3n) is 12.8. The number of nitrogens with zero attached hydrogens (tertiary/aromatic N) is 4. The van der Waals surface area contributed by atoms with E-state index in [0.29, 0.717) is 70.3 Å². The Bertz CT molecular complexity index is 1790. The molecule has 0 aromatic heterocycles. The molecule has 0 spiro atoms. The third-order valence-corrected chi connectivity index (χ3v) is 13.1. The number of unbranched alkanes of at least 4 members (excludes halogenated alkanes) is 3. The second kappa shape index (κ2) is 21.0. The molecule has 3 fully saturated rings. The predicted molar refractivity (Wildman–Crippen MR) is 223 cm³/mol. The number of piperidine rings is 3. The van der Waals surface area contributed by atoms with E-state index in [9.17, 15) is 32.3 Å². The summed E-state index contributed by atoms with van der Waals surface area (Å²) in [5, 5.41) is 2.69. The number of ether oxygens (including phenoxy) is 2. The highest BCUT2D eigenvalue weighted by Crippen LogP contribution is 2.39. The first kappa shape index (κ1) is 45.3. The monoisotopic (exact) mass is 860 g/mol. The number of anilines is 2. The molecule has 1 atom stereocenters. The molecule has 0 unspecified atom stereocenters. The molecule has 330 valence electrons. The highest BCUT2D eigenvalue weighted by Gasteiger charge is 2.39. The molecule has 4 aliphatic heterocycles. The van der Waals surface area contributed by atoms with Gasteiger partial charge in [-0.05, 0) is 106 Å². The van der Waals surface area contributed by atoms with Crippen molar-refractivity contribution in [3.63, 3.8) is 0 Å². The van der Waals surface area contributed by atoms with Gasteiger partial charge in [-0.15, -0.1) is 0 Å². The van der Waals surface area contributed by atoms with Crippen LogP contribution in [0.2, 0.25) is 5.02 Å². The maximum atomic E-state index is 14.2. The van der Waals surface area contributed by atoms with Gasteiger partial charge < -0.3 is 40.1 Å². The third kappa shape index (κ3) is 12.0. The molecule has 0 aliphatic carbocycles. The Morgan fingerprint density at radius 1 is 0.900 bits per heavy atom. The average Bonchev–Trinajstić information content (AvgIpc) is 3.41. The van der Waals surface area contributed by atoms with E-state index in [-0.39, 0.29) is 48.1 Å². The van der Waals surface area contributed by atoms with E-state index in [1.807, 2.05) is 24.3 Å². The summed E-state index contributed by atoms with van der Waals surface area (Å²) < 4.78 is 53.1. The minimum atomic E-state index is -4.78. The summed E-state index contributed by atoms with van der Waals surface area (Å²) in [7, 11) is 0. The van der Waals surface area contributed by atoms with Crippen molar-refractivity contribution in [1.82, 2.24) is 19.6 Å². The fourth-order valence-corrected chi connectivity index (χ4v) is 9.44. The van der Waals surface area contributed by atoms with Crippen molar-refractivity contribution in [1.29, 1.82) is 0 Å². The lowest BCUT2D eigenvalue weighted by atomic mass is 9.78. The largest absolute Gasteiger partial charge is 0.466 e. The number of urea groups is 1. The van der Waals surface area contributed by atoms with Gasteiger partial charge in [-0.3, -0.25) is 9.59 Å². The van der Waals surface area contributed by atoms with E-state index in [1.54, 1.807) is 9.80 Å². The van der Waals surface area contributed by atoms with Gasteiger partial charge in [0.25, 0.3) is 5.91 Å². The Morgan fingerprint density at radius 2 is 1.57 bits per heavy atom. The molecule has 0 saturated carbocycles. The second-order valence-corrected chi connectivity index (χ2v) is 17.1. The Labute approximate surface area is 356 Å². The van der Waals surface area contributed by atoms with Gasteiger partial charge in [-0.1, -0.05) is 56.0 Å². The van der Waals surface area contributed by atoms with Crippen molar-refractivity contribution in [3.8, 4) is 0 Å². The second-order valence-electron chi connectivity index (χ2n) is 16.7. The molecule has 16 heteroatoms. The van der Waals surface area contributed by atoms with Crippen molar-refractivity contribution in [2.24, 2.45) is 11.8 Å². The molecule has 60 heavy (non-hydrogen) atoms. The molecule has 2 aromatic rings. The molecule has 3 saturated heterocycles. The number of halogens is 4. The Kier molecular flexibility index (Phi) is 15.9. The molecule has 4 amide bonds. The minimum absolute atomic E-state index is 0.0708. The van der Waals surface area contributed by atoms with Crippen molar-refractivity contribution in [2.75, 3.05) is 70.0 Å². The van der Waals surface area contributed by atoms with Crippen LogP contribution in [0.5, 0.6) is 0 Å². The van der Waals surface area contributed by atoms with Crippen LogP contribution in [0.4, 0.5) is 34.1 Å². The molecular weight excluding hydrogens is 801 g/mol. The first-order chi connectivity index (χ1) is 28.8. The maximum absolute atomic E-state index is 14.2. The number of amides is 4. The van der Waals surface area contributed by atoms with Crippen LogP contribution in [0.25, 0.3) is 0 Å². The van der Waals surface area contributed by atoms with Crippen molar-refractivity contribution >= 4 is 47.0 Å². The van der Waals surface area contributed by atoms with Crippen LogP contribution >= 0.6 is 11.6 Å². The van der Waals surface area contributed by atoms with Gasteiger partial charge in [-0.25, -0.2) is 9.59 Å². The zero-order chi connectivity index (χ0) is 42.8. The predicted octanol–water partition coefficient (Wildman–Crippen LogP) is 8.01. The molecular formula is C44H60ClF3N6O6. The van der Waals surface area contributed by atoms with Crippen LogP contribution in [0.1, 0.15) is 94.2 Å². The summed E-state index contributed by atoms with van der Waals surface area (Å²) in [6.45, 7) is 7.06. The number of hydrogen-bond acceptors (Lipinski definition) is 8. The van der Waals surface area contributed by atoms with E-state index in [4.69, 9.17) is 26.8 Å². The first-order valence-electron chi connectivity index (χ1n) is 21.7. The number of likely N-dealkylation sites (tertiary alicyclic amines) is 3.